The van der Waals surface area contributed by atoms with Crippen LogP contribution in [0.5, 0.6) is 5.75 Å². The number of aliphatic carboxylic acids is 1. The summed E-state index contributed by atoms with van der Waals surface area (Å²) in [5.41, 5.74) is 0.551. The van der Waals surface area contributed by atoms with Gasteiger partial charge in [0.25, 0.3) is 0 Å². The number of hydrogen-bond donors (Lipinski definition) is 2. The molecule has 2 rings (SSSR count). The van der Waals surface area contributed by atoms with Crippen LogP contribution >= 0.6 is 0 Å². The lowest BCUT2D eigenvalue weighted by molar-refractivity contribution is -0.139. The summed E-state index contributed by atoms with van der Waals surface area (Å²) in [4.78, 5) is 15.3. The highest BCUT2D eigenvalue weighted by atomic mass is 16.4. The van der Waals surface area contributed by atoms with Gasteiger partial charge in [-0.05, 0) is 22.8 Å². The Morgan fingerprint density at radius 1 is 1.20 bits per heavy atom. The Kier molecular flexibility index (Phi) is 4.03. The molecule has 1 atom stereocenters. The predicted molar refractivity (Wildman–Crippen MR) is 79.5 cm³/mol. The minimum absolute atomic E-state index is 0.0975. The van der Waals surface area contributed by atoms with E-state index in [2.05, 4.69) is 4.99 Å². The first-order valence-corrected chi connectivity index (χ1v) is 6.47. The molecule has 20 heavy (non-hydrogen) atoms. The quantitative estimate of drug-likeness (QED) is 0.839. The summed E-state index contributed by atoms with van der Waals surface area (Å²) in [7, 11) is 0. The molecule has 0 aliphatic carbocycles. The second kappa shape index (κ2) is 5.74. The van der Waals surface area contributed by atoms with E-state index in [0.717, 1.165) is 10.8 Å². The number of carboxylic acids is 1. The highest BCUT2D eigenvalue weighted by Crippen LogP contribution is 2.25. The van der Waals surface area contributed by atoms with Crippen molar-refractivity contribution < 1.29 is 15.0 Å². The summed E-state index contributed by atoms with van der Waals surface area (Å²) in [5, 5.41) is 20.9. The summed E-state index contributed by atoms with van der Waals surface area (Å²) in [6.07, 6.45) is 1.45. The molecule has 0 fully saturated rings. The second-order valence-corrected chi connectivity index (χ2v) is 5.02. The molecule has 0 aliphatic rings. The fraction of sp³-hybridized carbons (Fsp3) is 0.250. The van der Waals surface area contributed by atoms with E-state index in [1.165, 1.54) is 6.21 Å². The maximum absolute atomic E-state index is 11.1. The van der Waals surface area contributed by atoms with Crippen LogP contribution in [0, 0.1) is 5.92 Å². The first-order chi connectivity index (χ1) is 9.50. The first-order valence-electron chi connectivity index (χ1n) is 6.47. The zero-order valence-electron chi connectivity index (χ0n) is 11.4. The lowest BCUT2D eigenvalue weighted by Gasteiger charge is -2.11. The molecule has 0 amide bonds. The molecule has 0 heterocycles. The van der Waals surface area contributed by atoms with E-state index >= 15 is 0 Å². The number of nitrogens with zero attached hydrogens (tertiary/aromatic N) is 1. The Morgan fingerprint density at radius 2 is 1.90 bits per heavy atom. The Bertz CT molecular complexity index is 662. The average Bonchev–Trinajstić information content (AvgIpc) is 2.40. The molecule has 2 aromatic rings. The summed E-state index contributed by atoms with van der Waals surface area (Å²) in [6, 6.07) is 10.2. The standard InChI is InChI=1S/C16H17NO3/c1-10(2)15(16(19)20)17-9-13-12-6-4-3-5-11(12)7-8-14(13)18/h3-10,15,18H,1-2H3,(H,19,20). The summed E-state index contributed by atoms with van der Waals surface area (Å²) >= 11 is 0. The van der Waals surface area contributed by atoms with Gasteiger partial charge in [-0.15, -0.1) is 0 Å². The van der Waals surface area contributed by atoms with Gasteiger partial charge in [-0.25, -0.2) is 4.79 Å². The van der Waals surface area contributed by atoms with Gasteiger partial charge in [-0.1, -0.05) is 44.2 Å². The molecule has 0 aromatic heterocycles. The van der Waals surface area contributed by atoms with Crippen LogP contribution in [-0.2, 0) is 4.79 Å². The van der Waals surface area contributed by atoms with E-state index in [0.29, 0.717) is 5.56 Å². The molecular weight excluding hydrogens is 254 g/mol. The Labute approximate surface area is 117 Å². The molecule has 0 saturated heterocycles. The van der Waals surface area contributed by atoms with Gasteiger partial charge in [0.05, 0.1) is 0 Å². The van der Waals surface area contributed by atoms with Crippen molar-refractivity contribution in [3.05, 3.63) is 42.0 Å². The van der Waals surface area contributed by atoms with Crippen molar-refractivity contribution in [2.75, 3.05) is 0 Å². The van der Waals surface area contributed by atoms with Crippen LogP contribution in [0.15, 0.2) is 41.4 Å². The largest absolute Gasteiger partial charge is 0.507 e. The van der Waals surface area contributed by atoms with Crippen molar-refractivity contribution in [2.45, 2.75) is 19.9 Å². The number of aliphatic imine (C=N–C) groups is 1. The van der Waals surface area contributed by atoms with E-state index in [9.17, 15) is 9.90 Å². The summed E-state index contributed by atoms with van der Waals surface area (Å²) in [6.45, 7) is 3.61. The molecule has 2 N–H and O–H groups in total. The average molecular weight is 271 g/mol. The first kappa shape index (κ1) is 14.1. The number of rotatable bonds is 4. The van der Waals surface area contributed by atoms with Crippen molar-refractivity contribution in [3.63, 3.8) is 0 Å². The third kappa shape index (κ3) is 2.79. The van der Waals surface area contributed by atoms with E-state index in [1.54, 1.807) is 19.9 Å². The molecule has 0 spiro atoms. The van der Waals surface area contributed by atoms with Crippen molar-refractivity contribution in [1.29, 1.82) is 0 Å². The number of carboxylic acid groups (broad SMARTS) is 1. The van der Waals surface area contributed by atoms with Gasteiger partial charge in [0, 0.05) is 11.8 Å². The summed E-state index contributed by atoms with van der Waals surface area (Å²) in [5.74, 6) is -0.975. The van der Waals surface area contributed by atoms with Gasteiger partial charge in [-0.3, -0.25) is 4.99 Å². The minimum Gasteiger partial charge on any atom is -0.507 e. The number of phenolic OH excluding ortho intramolecular Hbond substituents is 1. The number of hydrogen-bond acceptors (Lipinski definition) is 3. The molecule has 2 aromatic carbocycles. The van der Waals surface area contributed by atoms with Gasteiger partial charge < -0.3 is 10.2 Å². The molecule has 4 nitrogen and oxygen atoms in total. The predicted octanol–water partition coefficient (Wildman–Crippen LogP) is 3.07. The maximum atomic E-state index is 11.1. The van der Waals surface area contributed by atoms with Crippen molar-refractivity contribution >= 4 is 23.0 Å². The summed E-state index contributed by atoms with van der Waals surface area (Å²) < 4.78 is 0. The monoisotopic (exact) mass is 271 g/mol. The SMILES string of the molecule is CC(C)C(N=Cc1c(O)ccc2ccccc12)C(=O)O. The van der Waals surface area contributed by atoms with E-state index in [1.807, 2.05) is 30.3 Å². The molecule has 104 valence electrons. The van der Waals surface area contributed by atoms with E-state index in [-0.39, 0.29) is 11.7 Å². The van der Waals surface area contributed by atoms with Crippen LogP contribution < -0.4 is 0 Å². The van der Waals surface area contributed by atoms with Crippen LogP contribution in [0.1, 0.15) is 19.4 Å². The smallest absolute Gasteiger partial charge is 0.328 e. The van der Waals surface area contributed by atoms with Crippen molar-refractivity contribution in [2.24, 2.45) is 10.9 Å². The molecular formula is C16H17NO3. The fourth-order valence-corrected chi connectivity index (χ4v) is 2.10. The van der Waals surface area contributed by atoms with Gasteiger partial charge in [-0.2, -0.15) is 0 Å². The van der Waals surface area contributed by atoms with Crippen LogP contribution in [0.25, 0.3) is 10.8 Å². The minimum atomic E-state index is -0.962. The number of aromatic hydroxyl groups is 1. The number of benzene rings is 2. The topological polar surface area (TPSA) is 69.9 Å². The van der Waals surface area contributed by atoms with E-state index in [4.69, 9.17) is 5.11 Å². The molecule has 0 radical (unpaired) electrons. The normalized spacial score (nSPS) is 13.2. The second-order valence-electron chi connectivity index (χ2n) is 5.02. The third-order valence-electron chi connectivity index (χ3n) is 3.20. The van der Waals surface area contributed by atoms with Crippen LogP contribution in [0.4, 0.5) is 0 Å². The van der Waals surface area contributed by atoms with Crippen LogP contribution in [-0.4, -0.2) is 28.4 Å². The molecule has 0 bridgehead atoms. The van der Waals surface area contributed by atoms with Gasteiger partial charge in [0.1, 0.15) is 11.8 Å². The third-order valence-corrected chi connectivity index (χ3v) is 3.20. The molecule has 0 saturated carbocycles. The number of phenols is 1. The van der Waals surface area contributed by atoms with Crippen LogP contribution in [0.3, 0.4) is 0 Å². The Hall–Kier alpha value is -2.36. The highest BCUT2D eigenvalue weighted by Gasteiger charge is 2.19. The van der Waals surface area contributed by atoms with E-state index < -0.39 is 12.0 Å². The highest BCUT2D eigenvalue weighted by molar-refractivity contribution is 6.02. The zero-order chi connectivity index (χ0) is 14.7. The maximum Gasteiger partial charge on any atom is 0.328 e. The van der Waals surface area contributed by atoms with Crippen molar-refractivity contribution in [1.82, 2.24) is 0 Å². The molecule has 4 heteroatoms. The van der Waals surface area contributed by atoms with Crippen LogP contribution in [0.2, 0.25) is 0 Å². The van der Waals surface area contributed by atoms with Gasteiger partial charge in [0.15, 0.2) is 0 Å². The molecule has 1 unspecified atom stereocenters. The van der Waals surface area contributed by atoms with Gasteiger partial charge in [0.2, 0.25) is 0 Å². The Balaban J connectivity index is 2.47. The number of carbonyl (C=O) groups is 1. The van der Waals surface area contributed by atoms with Gasteiger partial charge >= 0.3 is 5.97 Å². The van der Waals surface area contributed by atoms with Crippen molar-refractivity contribution in [3.8, 4) is 5.75 Å². The zero-order valence-corrected chi connectivity index (χ0v) is 11.4. The lowest BCUT2D eigenvalue weighted by atomic mass is 10.0. The molecule has 0 aliphatic heterocycles. The Morgan fingerprint density at radius 3 is 2.55 bits per heavy atom. The lowest BCUT2D eigenvalue weighted by Crippen LogP contribution is -2.24. The fourth-order valence-electron chi connectivity index (χ4n) is 2.10. The number of fused-ring (bicyclic) bond motifs is 1.